The third-order valence-electron chi connectivity index (χ3n) is 6.99. The molecule has 0 saturated carbocycles. The summed E-state index contributed by atoms with van der Waals surface area (Å²) in [5.41, 5.74) is 3.37. The number of hydrogen-bond donors (Lipinski definition) is 0. The van der Waals surface area contributed by atoms with Gasteiger partial charge in [0.1, 0.15) is 5.70 Å². The van der Waals surface area contributed by atoms with Crippen LogP contribution in [-0.4, -0.2) is 44.1 Å². The van der Waals surface area contributed by atoms with Gasteiger partial charge in [0.25, 0.3) is 9.05 Å². The zero-order valence-electron chi connectivity index (χ0n) is 16.4. The standard InChI is InChI=1S/C21H23ClN2O4S/c1-3-21-8-4-9-23-10-7-15-14-6-5-13(29(22,26)27)11-16(14)24(18(15)19(21)23)17(12-21)20(25)28-2/h5-6,11-12,19H,3-4,7-10H2,1-2H3/t19-,21+/m1/s1. The number of carbonyl (C=O) groups is 1. The van der Waals surface area contributed by atoms with Crippen molar-refractivity contribution >= 4 is 42.3 Å². The van der Waals surface area contributed by atoms with Crippen LogP contribution in [0.15, 0.2) is 29.2 Å². The molecule has 154 valence electrons. The molecular weight excluding hydrogens is 412 g/mol. The first-order valence-electron chi connectivity index (χ1n) is 9.98. The van der Waals surface area contributed by atoms with E-state index in [0.29, 0.717) is 11.2 Å². The van der Waals surface area contributed by atoms with Crippen LogP contribution in [0.4, 0.5) is 0 Å². The van der Waals surface area contributed by atoms with Crippen molar-refractivity contribution in [3.63, 3.8) is 0 Å². The Morgan fingerprint density at radius 3 is 2.83 bits per heavy atom. The normalized spacial score (nSPS) is 26.2. The Labute approximate surface area is 174 Å². The maximum atomic E-state index is 12.8. The summed E-state index contributed by atoms with van der Waals surface area (Å²) in [5, 5.41) is 0.982. The number of halogens is 1. The number of hydrogen-bond acceptors (Lipinski definition) is 5. The molecule has 0 N–H and O–H groups in total. The molecule has 0 amide bonds. The topological polar surface area (TPSA) is 68.6 Å². The van der Waals surface area contributed by atoms with Gasteiger partial charge in [0.2, 0.25) is 0 Å². The fraction of sp³-hybridized carbons (Fsp3) is 0.476. The largest absolute Gasteiger partial charge is 0.464 e. The monoisotopic (exact) mass is 434 g/mol. The molecule has 1 aromatic carbocycles. The zero-order chi connectivity index (χ0) is 20.6. The van der Waals surface area contributed by atoms with Gasteiger partial charge in [0, 0.05) is 33.7 Å². The van der Waals surface area contributed by atoms with E-state index in [4.69, 9.17) is 15.4 Å². The van der Waals surface area contributed by atoms with Crippen LogP contribution in [0.3, 0.4) is 0 Å². The number of aromatic nitrogens is 1. The molecule has 0 bridgehead atoms. The SMILES string of the molecule is CC[C@@]12C=C(C(=O)OC)n3c4c(c5ccc(S(=O)(=O)Cl)cc53)CCN(CCC1)[C@H]42. The quantitative estimate of drug-likeness (QED) is 0.544. The number of carbonyl (C=O) groups excluding carboxylic acids is 1. The Balaban J connectivity index is 1.90. The minimum Gasteiger partial charge on any atom is -0.464 e. The summed E-state index contributed by atoms with van der Waals surface area (Å²) in [6, 6.07) is 5.14. The summed E-state index contributed by atoms with van der Waals surface area (Å²) >= 11 is 0. The third kappa shape index (κ3) is 2.57. The summed E-state index contributed by atoms with van der Waals surface area (Å²) in [7, 11) is 3.13. The molecule has 1 aromatic heterocycles. The van der Waals surface area contributed by atoms with Gasteiger partial charge in [0.15, 0.2) is 0 Å². The highest BCUT2D eigenvalue weighted by Gasteiger charge is 2.51. The summed E-state index contributed by atoms with van der Waals surface area (Å²) < 4.78 is 31.0. The zero-order valence-corrected chi connectivity index (χ0v) is 18.0. The minimum absolute atomic E-state index is 0.0369. The van der Waals surface area contributed by atoms with E-state index >= 15 is 0 Å². The van der Waals surface area contributed by atoms with Gasteiger partial charge in [-0.1, -0.05) is 13.0 Å². The van der Waals surface area contributed by atoms with Crippen LogP contribution < -0.4 is 0 Å². The highest BCUT2D eigenvalue weighted by molar-refractivity contribution is 8.13. The van der Waals surface area contributed by atoms with Crippen molar-refractivity contribution in [2.24, 2.45) is 5.41 Å². The summed E-state index contributed by atoms with van der Waals surface area (Å²) in [6.07, 6.45) is 6.00. The van der Waals surface area contributed by atoms with Gasteiger partial charge >= 0.3 is 5.97 Å². The first-order chi connectivity index (χ1) is 13.8. The van der Waals surface area contributed by atoms with Crippen molar-refractivity contribution in [3.8, 4) is 0 Å². The second-order valence-electron chi connectivity index (χ2n) is 8.22. The molecular formula is C21H23ClN2O4S. The molecule has 2 atom stereocenters. The molecule has 0 aliphatic carbocycles. The number of methoxy groups -OCH3 is 1. The summed E-state index contributed by atoms with van der Waals surface area (Å²) in [4.78, 5) is 15.4. The molecule has 1 saturated heterocycles. The van der Waals surface area contributed by atoms with Crippen LogP contribution in [0.2, 0.25) is 0 Å². The van der Waals surface area contributed by atoms with E-state index in [1.165, 1.54) is 12.7 Å². The summed E-state index contributed by atoms with van der Waals surface area (Å²) in [5.74, 6) is -0.405. The Bertz CT molecular complexity index is 1180. The number of esters is 1. The second-order valence-corrected chi connectivity index (χ2v) is 10.8. The van der Waals surface area contributed by atoms with Gasteiger partial charge < -0.3 is 9.30 Å². The average Bonchev–Trinajstić information content (AvgIpc) is 3.05. The van der Waals surface area contributed by atoms with E-state index < -0.39 is 15.0 Å². The molecule has 2 aromatic rings. The van der Waals surface area contributed by atoms with Crippen LogP contribution >= 0.6 is 10.7 Å². The Morgan fingerprint density at radius 1 is 1.34 bits per heavy atom. The van der Waals surface area contributed by atoms with Crippen LogP contribution in [-0.2, 0) is 25.0 Å². The van der Waals surface area contributed by atoms with E-state index in [9.17, 15) is 13.2 Å². The number of nitrogens with zero attached hydrogens (tertiary/aromatic N) is 2. The lowest BCUT2D eigenvalue weighted by molar-refractivity contribution is -0.134. The maximum Gasteiger partial charge on any atom is 0.354 e. The summed E-state index contributed by atoms with van der Waals surface area (Å²) in [6.45, 7) is 4.19. The average molecular weight is 435 g/mol. The molecule has 6 nitrogen and oxygen atoms in total. The molecule has 3 aliphatic heterocycles. The lowest BCUT2D eigenvalue weighted by Gasteiger charge is -2.53. The molecule has 5 rings (SSSR count). The van der Waals surface area contributed by atoms with Gasteiger partial charge in [-0.05, 0) is 56.0 Å². The van der Waals surface area contributed by atoms with Crippen LogP contribution in [0.5, 0.6) is 0 Å². The van der Waals surface area contributed by atoms with E-state index in [-0.39, 0.29) is 16.4 Å². The molecule has 29 heavy (non-hydrogen) atoms. The molecule has 0 unspecified atom stereocenters. The van der Waals surface area contributed by atoms with Crippen molar-refractivity contribution in [1.29, 1.82) is 0 Å². The maximum absolute atomic E-state index is 12.8. The Hall–Kier alpha value is -1.83. The van der Waals surface area contributed by atoms with Crippen molar-refractivity contribution in [3.05, 3.63) is 35.5 Å². The molecule has 0 radical (unpaired) electrons. The van der Waals surface area contributed by atoms with E-state index in [1.807, 2.05) is 10.6 Å². The number of ether oxygens (including phenoxy) is 1. The van der Waals surface area contributed by atoms with E-state index in [1.54, 1.807) is 12.1 Å². The number of fused-ring (bicyclic) bond motifs is 3. The van der Waals surface area contributed by atoms with E-state index in [0.717, 1.165) is 49.9 Å². The van der Waals surface area contributed by atoms with Gasteiger partial charge in [0.05, 0.1) is 23.6 Å². The van der Waals surface area contributed by atoms with Gasteiger partial charge in [-0.25, -0.2) is 13.2 Å². The smallest absolute Gasteiger partial charge is 0.354 e. The van der Waals surface area contributed by atoms with Crippen molar-refractivity contribution in [2.45, 2.75) is 43.5 Å². The predicted octanol–water partition coefficient (Wildman–Crippen LogP) is 3.69. The number of benzene rings is 1. The van der Waals surface area contributed by atoms with Crippen LogP contribution in [0, 0.1) is 5.41 Å². The molecule has 8 heteroatoms. The lowest BCUT2D eigenvalue weighted by atomic mass is 9.66. The fourth-order valence-corrected chi connectivity index (χ4v) is 6.48. The highest BCUT2D eigenvalue weighted by Crippen LogP contribution is 2.57. The second kappa shape index (κ2) is 6.33. The molecule has 4 heterocycles. The fourth-order valence-electron chi connectivity index (χ4n) is 5.71. The molecule has 0 spiro atoms. The van der Waals surface area contributed by atoms with Crippen LogP contribution in [0.25, 0.3) is 16.6 Å². The number of piperidine rings is 1. The molecule has 1 fully saturated rings. The number of rotatable bonds is 3. The first-order valence-corrected chi connectivity index (χ1v) is 12.3. The van der Waals surface area contributed by atoms with Gasteiger partial charge in [-0.2, -0.15) is 0 Å². The Morgan fingerprint density at radius 2 is 2.14 bits per heavy atom. The van der Waals surface area contributed by atoms with Gasteiger partial charge in [-0.3, -0.25) is 4.90 Å². The van der Waals surface area contributed by atoms with Crippen molar-refractivity contribution in [1.82, 2.24) is 9.47 Å². The van der Waals surface area contributed by atoms with Crippen molar-refractivity contribution in [2.75, 3.05) is 20.2 Å². The lowest BCUT2D eigenvalue weighted by Crippen LogP contribution is -2.51. The third-order valence-corrected chi connectivity index (χ3v) is 8.34. The first kappa shape index (κ1) is 19.2. The van der Waals surface area contributed by atoms with Crippen molar-refractivity contribution < 1.29 is 17.9 Å². The molecule has 3 aliphatic rings. The van der Waals surface area contributed by atoms with Crippen LogP contribution in [0.1, 0.15) is 43.5 Å². The highest BCUT2D eigenvalue weighted by atomic mass is 35.7. The Kier molecular flexibility index (Phi) is 4.18. The van der Waals surface area contributed by atoms with Gasteiger partial charge in [-0.15, -0.1) is 0 Å². The van der Waals surface area contributed by atoms with E-state index in [2.05, 4.69) is 17.9 Å². The minimum atomic E-state index is -3.88. The predicted molar refractivity (Wildman–Crippen MR) is 111 cm³/mol.